The molecule has 3 heteroatoms. The van der Waals surface area contributed by atoms with Gasteiger partial charge >= 0.3 is 0 Å². The average molecular weight is 419 g/mol. The molecular weight excluding hydrogens is 380 g/mol. The van der Waals surface area contributed by atoms with E-state index in [2.05, 4.69) is 82.0 Å². The molecule has 166 valence electrons. The first-order chi connectivity index (χ1) is 14.9. The summed E-state index contributed by atoms with van der Waals surface area (Å²) in [5.41, 5.74) is 7.61. The molecule has 3 rings (SSSR count). The Morgan fingerprint density at radius 2 is 1.52 bits per heavy atom. The molecule has 3 aromatic rings. The van der Waals surface area contributed by atoms with Crippen LogP contribution in [0.5, 0.6) is 0 Å². The molecule has 3 nitrogen and oxygen atoms in total. The van der Waals surface area contributed by atoms with Crippen molar-refractivity contribution in [2.24, 2.45) is 0 Å². The Bertz CT molecular complexity index is 986. The van der Waals surface area contributed by atoms with Crippen molar-refractivity contribution in [3.05, 3.63) is 64.7 Å². The zero-order valence-electron chi connectivity index (χ0n) is 19.9. The van der Waals surface area contributed by atoms with Gasteiger partial charge in [0.25, 0.3) is 0 Å². The van der Waals surface area contributed by atoms with Gasteiger partial charge in [-0.3, -0.25) is 0 Å². The number of hydrogen-bond acceptors (Lipinski definition) is 3. The minimum atomic E-state index is -0.537. The lowest BCUT2D eigenvalue weighted by Gasteiger charge is -2.26. The number of pyridine rings is 1. The molecule has 0 saturated heterocycles. The van der Waals surface area contributed by atoms with Gasteiger partial charge in [0.1, 0.15) is 0 Å². The molecule has 31 heavy (non-hydrogen) atoms. The van der Waals surface area contributed by atoms with E-state index in [4.69, 9.17) is 4.98 Å². The quantitative estimate of drug-likeness (QED) is 0.395. The van der Waals surface area contributed by atoms with Gasteiger partial charge in [0, 0.05) is 17.5 Å². The van der Waals surface area contributed by atoms with Gasteiger partial charge in [-0.15, -0.1) is 0 Å². The first kappa shape index (κ1) is 23.4. The Labute approximate surface area is 188 Å². The minimum absolute atomic E-state index is 0.537. The van der Waals surface area contributed by atoms with Crippen molar-refractivity contribution in [2.75, 3.05) is 19.6 Å². The maximum Gasteiger partial charge on any atom is 0.0924 e. The number of aliphatic hydroxyl groups excluding tert-OH is 1. The van der Waals surface area contributed by atoms with Crippen LogP contribution >= 0.6 is 0 Å². The van der Waals surface area contributed by atoms with E-state index < -0.39 is 6.10 Å². The molecule has 0 aliphatic rings. The van der Waals surface area contributed by atoms with Gasteiger partial charge in [0.05, 0.1) is 17.3 Å². The van der Waals surface area contributed by atoms with E-state index in [1.165, 1.54) is 36.8 Å². The fourth-order valence-corrected chi connectivity index (χ4v) is 4.25. The maximum absolute atomic E-state index is 11.4. The van der Waals surface area contributed by atoms with Crippen LogP contribution in [0.25, 0.3) is 22.2 Å². The summed E-state index contributed by atoms with van der Waals surface area (Å²) in [7, 11) is 0. The molecule has 0 spiro atoms. The van der Waals surface area contributed by atoms with Crippen molar-refractivity contribution in [2.45, 2.75) is 66.4 Å². The van der Waals surface area contributed by atoms with E-state index in [1.807, 2.05) is 0 Å². The predicted molar refractivity (Wildman–Crippen MR) is 133 cm³/mol. The van der Waals surface area contributed by atoms with E-state index in [9.17, 15) is 5.11 Å². The summed E-state index contributed by atoms with van der Waals surface area (Å²) in [5, 5.41) is 12.5. The Hall–Kier alpha value is -2.23. The number of fused-ring (bicyclic) bond motifs is 1. The molecule has 0 fully saturated rings. The minimum Gasteiger partial charge on any atom is -0.387 e. The molecular formula is C28H38N2O. The molecule has 1 heterocycles. The molecule has 1 N–H and O–H groups in total. The zero-order valence-corrected chi connectivity index (χ0v) is 19.9. The lowest BCUT2D eigenvalue weighted by Crippen LogP contribution is -2.31. The smallest absolute Gasteiger partial charge is 0.0924 e. The number of aromatic nitrogens is 1. The first-order valence-electron chi connectivity index (χ1n) is 11.8. The second-order valence-corrected chi connectivity index (χ2v) is 8.96. The Morgan fingerprint density at radius 1 is 0.871 bits per heavy atom. The standard InChI is InChI=1S/C28H38N2O/c1-6-8-14-30(15-9-7-2)19-27(31)24-18-26(23-12-10-20(3)11-13-23)29-28-22(5)16-21(4)17-25(24)28/h10-13,16-18,27,31H,6-9,14-15,19H2,1-5H3. The fourth-order valence-electron chi connectivity index (χ4n) is 4.25. The van der Waals surface area contributed by atoms with E-state index in [0.717, 1.165) is 46.4 Å². The molecule has 0 aliphatic heterocycles. The largest absolute Gasteiger partial charge is 0.387 e. The molecule has 0 radical (unpaired) electrons. The summed E-state index contributed by atoms with van der Waals surface area (Å²) >= 11 is 0. The number of unbranched alkanes of at least 4 members (excludes halogenated alkanes) is 2. The van der Waals surface area contributed by atoms with Gasteiger partial charge in [0.2, 0.25) is 0 Å². The topological polar surface area (TPSA) is 36.4 Å². The first-order valence-corrected chi connectivity index (χ1v) is 11.8. The number of nitrogens with zero attached hydrogens (tertiary/aromatic N) is 2. The highest BCUT2D eigenvalue weighted by Crippen LogP contribution is 2.32. The van der Waals surface area contributed by atoms with Crippen molar-refractivity contribution in [3.8, 4) is 11.3 Å². The van der Waals surface area contributed by atoms with Crippen LogP contribution in [0.2, 0.25) is 0 Å². The highest BCUT2D eigenvalue weighted by molar-refractivity contribution is 5.88. The van der Waals surface area contributed by atoms with E-state index in [0.29, 0.717) is 6.54 Å². The summed E-state index contributed by atoms with van der Waals surface area (Å²) in [6, 6.07) is 15.0. The van der Waals surface area contributed by atoms with Crippen LogP contribution in [0, 0.1) is 20.8 Å². The lowest BCUT2D eigenvalue weighted by atomic mass is 9.96. The van der Waals surface area contributed by atoms with Crippen molar-refractivity contribution in [3.63, 3.8) is 0 Å². The highest BCUT2D eigenvalue weighted by Gasteiger charge is 2.19. The summed E-state index contributed by atoms with van der Waals surface area (Å²) in [5.74, 6) is 0. The highest BCUT2D eigenvalue weighted by atomic mass is 16.3. The van der Waals surface area contributed by atoms with Crippen LogP contribution in [-0.4, -0.2) is 34.6 Å². The van der Waals surface area contributed by atoms with Crippen LogP contribution in [0.3, 0.4) is 0 Å². The number of hydrogen-bond donors (Lipinski definition) is 1. The number of aliphatic hydroxyl groups is 1. The zero-order chi connectivity index (χ0) is 22.4. The monoisotopic (exact) mass is 418 g/mol. The van der Waals surface area contributed by atoms with Crippen molar-refractivity contribution < 1.29 is 5.11 Å². The third kappa shape index (κ3) is 5.93. The van der Waals surface area contributed by atoms with Crippen LogP contribution in [0.4, 0.5) is 0 Å². The van der Waals surface area contributed by atoms with Gasteiger partial charge in [-0.2, -0.15) is 0 Å². The second kappa shape index (κ2) is 10.9. The van der Waals surface area contributed by atoms with Gasteiger partial charge in [-0.25, -0.2) is 4.98 Å². The van der Waals surface area contributed by atoms with Gasteiger partial charge in [-0.1, -0.05) is 68.1 Å². The van der Waals surface area contributed by atoms with Crippen LogP contribution < -0.4 is 0 Å². The molecule has 0 saturated carbocycles. The maximum atomic E-state index is 11.4. The normalized spacial score (nSPS) is 12.6. The molecule has 2 aromatic carbocycles. The average Bonchev–Trinajstić information content (AvgIpc) is 2.75. The third-order valence-corrected chi connectivity index (χ3v) is 6.07. The Morgan fingerprint density at radius 3 is 2.13 bits per heavy atom. The molecule has 1 atom stereocenters. The number of benzene rings is 2. The van der Waals surface area contributed by atoms with Crippen LogP contribution in [0.15, 0.2) is 42.5 Å². The second-order valence-electron chi connectivity index (χ2n) is 8.96. The Balaban J connectivity index is 2.04. The molecule has 1 aromatic heterocycles. The third-order valence-electron chi connectivity index (χ3n) is 6.07. The van der Waals surface area contributed by atoms with Crippen molar-refractivity contribution in [1.82, 2.24) is 9.88 Å². The van der Waals surface area contributed by atoms with Gasteiger partial charge in [-0.05, 0) is 70.0 Å². The van der Waals surface area contributed by atoms with E-state index in [-0.39, 0.29) is 0 Å². The van der Waals surface area contributed by atoms with Crippen molar-refractivity contribution >= 4 is 10.9 Å². The summed E-state index contributed by atoms with van der Waals surface area (Å²) in [4.78, 5) is 7.44. The number of aryl methyl sites for hydroxylation is 3. The van der Waals surface area contributed by atoms with Crippen LogP contribution in [-0.2, 0) is 0 Å². The van der Waals surface area contributed by atoms with Gasteiger partial charge < -0.3 is 10.0 Å². The molecule has 0 amide bonds. The van der Waals surface area contributed by atoms with Crippen LogP contribution in [0.1, 0.15) is 67.9 Å². The Kier molecular flexibility index (Phi) is 8.22. The van der Waals surface area contributed by atoms with E-state index in [1.54, 1.807) is 0 Å². The predicted octanol–water partition coefficient (Wildman–Crippen LogP) is 6.76. The SMILES string of the molecule is CCCCN(CCCC)CC(O)c1cc(-c2ccc(C)cc2)nc2c(C)cc(C)cc12. The lowest BCUT2D eigenvalue weighted by molar-refractivity contribution is 0.112. The fraction of sp³-hybridized carbons (Fsp3) is 0.464. The molecule has 0 aliphatic carbocycles. The summed E-state index contributed by atoms with van der Waals surface area (Å²) in [6.45, 7) is 13.5. The van der Waals surface area contributed by atoms with Crippen molar-refractivity contribution in [1.29, 1.82) is 0 Å². The summed E-state index contributed by atoms with van der Waals surface area (Å²) < 4.78 is 0. The number of rotatable bonds is 10. The molecule has 1 unspecified atom stereocenters. The van der Waals surface area contributed by atoms with E-state index >= 15 is 0 Å². The molecule has 0 bridgehead atoms. The summed E-state index contributed by atoms with van der Waals surface area (Å²) in [6.07, 6.45) is 4.14. The van der Waals surface area contributed by atoms with Gasteiger partial charge in [0.15, 0.2) is 0 Å².